The Bertz CT molecular complexity index is 588. The minimum absolute atomic E-state index is 0.0535. The Morgan fingerprint density at radius 1 is 1.20 bits per heavy atom. The molecule has 3 nitrogen and oxygen atoms in total. The van der Waals surface area contributed by atoms with Gasteiger partial charge in [-0.1, -0.05) is 30.3 Å². The molecule has 2 aromatic carbocycles. The summed E-state index contributed by atoms with van der Waals surface area (Å²) < 4.78 is 19.1. The predicted octanol–water partition coefficient (Wildman–Crippen LogP) is 2.59. The number of ether oxygens (including phenoxy) is 1. The van der Waals surface area contributed by atoms with Crippen LogP contribution < -0.4 is 9.64 Å². The van der Waals surface area contributed by atoms with E-state index in [1.165, 1.54) is 12.1 Å². The molecule has 1 heterocycles. The molecule has 1 aliphatic rings. The van der Waals surface area contributed by atoms with Gasteiger partial charge < -0.3 is 14.7 Å². The molecule has 0 saturated carbocycles. The second-order valence-electron chi connectivity index (χ2n) is 4.90. The Kier molecular flexibility index (Phi) is 3.56. The maximum absolute atomic E-state index is 13.5. The van der Waals surface area contributed by atoms with Gasteiger partial charge in [-0.2, -0.15) is 0 Å². The normalized spacial score (nSPS) is 17.5. The van der Waals surface area contributed by atoms with Crippen molar-refractivity contribution in [3.63, 3.8) is 0 Å². The monoisotopic (exact) mass is 273 g/mol. The summed E-state index contributed by atoms with van der Waals surface area (Å²) in [4.78, 5) is 2.04. The van der Waals surface area contributed by atoms with Crippen molar-refractivity contribution < 1.29 is 14.2 Å². The number of halogens is 1. The average Bonchev–Trinajstić information content (AvgIpc) is 2.48. The molecule has 0 aromatic heterocycles. The van der Waals surface area contributed by atoms with Crippen LogP contribution in [0.3, 0.4) is 0 Å². The van der Waals surface area contributed by atoms with Crippen LogP contribution in [0.25, 0.3) is 0 Å². The van der Waals surface area contributed by atoms with Crippen molar-refractivity contribution in [2.75, 3.05) is 18.1 Å². The molecule has 4 heteroatoms. The molecule has 1 aliphatic heterocycles. The van der Waals surface area contributed by atoms with E-state index in [4.69, 9.17) is 4.74 Å². The summed E-state index contributed by atoms with van der Waals surface area (Å²) in [5, 5.41) is 9.33. The largest absolute Gasteiger partial charge is 0.484 e. The second kappa shape index (κ2) is 5.51. The number of aliphatic hydroxyl groups is 1. The zero-order valence-corrected chi connectivity index (χ0v) is 11.0. The van der Waals surface area contributed by atoms with E-state index in [9.17, 15) is 9.50 Å². The Morgan fingerprint density at radius 2 is 2.00 bits per heavy atom. The fourth-order valence-electron chi connectivity index (χ4n) is 2.45. The quantitative estimate of drug-likeness (QED) is 0.933. The van der Waals surface area contributed by atoms with Gasteiger partial charge in [-0.05, 0) is 17.7 Å². The maximum atomic E-state index is 13.5. The smallest absolute Gasteiger partial charge is 0.143 e. The maximum Gasteiger partial charge on any atom is 0.143 e. The number of benzene rings is 2. The third kappa shape index (κ3) is 2.60. The number of rotatable bonds is 3. The van der Waals surface area contributed by atoms with E-state index in [2.05, 4.69) is 0 Å². The summed E-state index contributed by atoms with van der Waals surface area (Å²) in [5.74, 6) is 0.334. The zero-order chi connectivity index (χ0) is 13.9. The van der Waals surface area contributed by atoms with Gasteiger partial charge >= 0.3 is 0 Å². The van der Waals surface area contributed by atoms with Crippen LogP contribution in [0.5, 0.6) is 5.75 Å². The van der Waals surface area contributed by atoms with E-state index in [0.717, 1.165) is 11.3 Å². The summed E-state index contributed by atoms with van der Waals surface area (Å²) in [6.45, 7) is 1.15. The number of nitrogens with zero attached hydrogens (tertiary/aromatic N) is 1. The topological polar surface area (TPSA) is 32.7 Å². The third-order valence-corrected chi connectivity index (χ3v) is 3.40. The molecule has 0 unspecified atom stereocenters. The number of anilines is 1. The van der Waals surface area contributed by atoms with Gasteiger partial charge in [-0.25, -0.2) is 4.39 Å². The van der Waals surface area contributed by atoms with E-state index < -0.39 is 0 Å². The molecular weight excluding hydrogens is 257 g/mol. The minimum Gasteiger partial charge on any atom is -0.484 e. The molecule has 0 fully saturated rings. The minimum atomic E-state index is -0.284. The molecule has 2 aromatic rings. The standard InChI is InChI=1S/C16H16FNO2/c17-13-6-7-16-15(8-13)18(10-14(11-19)20-16)9-12-4-2-1-3-5-12/h1-8,14,19H,9-11H2/t14-/m1/s1. The van der Waals surface area contributed by atoms with Gasteiger partial charge in [0.05, 0.1) is 18.8 Å². The molecule has 0 aliphatic carbocycles. The van der Waals surface area contributed by atoms with Crippen molar-refractivity contribution in [1.29, 1.82) is 0 Å². The van der Waals surface area contributed by atoms with Gasteiger partial charge in [-0.15, -0.1) is 0 Å². The average molecular weight is 273 g/mol. The van der Waals surface area contributed by atoms with Crippen molar-refractivity contribution in [3.05, 3.63) is 59.9 Å². The molecule has 104 valence electrons. The molecule has 20 heavy (non-hydrogen) atoms. The highest BCUT2D eigenvalue weighted by Crippen LogP contribution is 2.34. The van der Waals surface area contributed by atoms with Crippen molar-refractivity contribution in [2.24, 2.45) is 0 Å². The van der Waals surface area contributed by atoms with E-state index in [1.54, 1.807) is 6.07 Å². The third-order valence-electron chi connectivity index (χ3n) is 3.40. The van der Waals surface area contributed by atoms with Gasteiger partial charge in [0.1, 0.15) is 17.7 Å². The highest BCUT2D eigenvalue weighted by atomic mass is 19.1. The fraction of sp³-hybridized carbons (Fsp3) is 0.250. The highest BCUT2D eigenvalue weighted by Gasteiger charge is 2.25. The summed E-state index contributed by atoms with van der Waals surface area (Å²) in [5.41, 5.74) is 1.87. The lowest BCUT2D eigenvalue weighted by Gasteiger charge is -2.35. The van der Waals surface area contributed by atoms with Crippen LogP contribution in [0.4, 0.5) is 10.1 Å². The second-order valence-corrected chi connectivity index (χ2v) is 4.90. The van der Waals surface area contributed by atoms with Crippen LogP contribution in [0.2, 0.25) is 0 Å². The van der Waals surface area contributed by atoms with Gasteiger partial charge in [0.25, 0.3) is 0 Å². The van der Waals surface area contributed by atoms with Crippen LogP contribution >= 0.6 is 0 Å². The van der Waals surface area contributed by atoms with Crippen LogP contribution in [-0.4, -0.2) is 24.4 Å². The van der Waals surface area contributed by atoms with Crippen molar-refractivity contribution in [3.8, 4) is 5.75 Å². The Balaban J connectivity index is 1.91. The molecule has 1 N–H and O–H groups in total. The van der Waals surface area contributed by atoms with E-state index >= 15 is 0 Å². The molecule has 3 rings (SSSR count). The van der Waals surface area contributed by atoms with Crippen LogP contribution in [0, 0.1) is 5.82 Å². The fourth-order valence-corrected chi connectivity index (χ4v) is 2.45. The number of hydrogen-bond donors (Lipinski definition) is 1. The molecule has 0 radical (unpaired) electrons. The zero-order valence-electron chi connectivity index (χ0n) is 11.0. The van der Waals surface area contributed by atoms with Crippen LogP contribution in [-0.2, 0) is 6.54 Å². The van der Waals surface area contributed by atoms with Gasteiger partial charge in [-0.3, -0.25) is 0 Å². The van der Waals surface area contributed by atoms with Crippen molar-refractivity contribution in [1.82, 2.24) is 0 Å². The molecule has 1 atom stereocenters. The van der Waals surface area contributed by atoms with E-state index in [0.29, 0.717) is 18.8 Å². The first-order valence-corrected chi connectivity index (χ1v) is 6.62. The van der Waals surface area contributed by atoms with E-state index in [1.807, 2.05) is 35.2 Å². The summed E-state index contributed by atoms with van der Waals surface area (Å²) in [7, 11) is 0. The van der Waals surface area contributed by atoms with Crippen LogP contribution in [0.15, 0.2) is 48.5 Å². The number of fused-ring (bicyclic) bond motifs is 1. The first-order chi connectivity index (χ1) is 9.76. The lowest BCUT2D eigenvalue weighted by atomic mass is 10.1. The molecule has 0 saturated heterocycles. The Labute approximate surface area is 117 Å². The number of aliphatic hydroxyl groups excluding tert-OH is 1. The lowest BCUT2D eigenvalue weighted by Crippen LogP contribution is -2.41. The number of hydrogen-bond acceptors (Lipinski definition) is 3. The first kappa shape index (κ1) is 12.9. The van der Waals surface area contributed by atoms with Gasteiger partial charge in [0, 0.05) is 12.6 Å². The van der Waals surface area contributed by atoms with Gasteiger partial charge in [0.15, 0.2) is 0 Å². The predicted molar refractivity (Wildman–Crippen MR) is 75.4 cm³/mol. The molecular formula is C16H16FNO2. The first-order valence-electron chi connectivity index (χ1n) is 6.62. The summed E-state index contributed by atoms with van der Waals surface area (Å²) in [6.07, 6.45) is -0.281. The SMILES string of the molecule is OC[C@H]1CN(Cc2ccccc2)c2cc(F)ccc2O1. The highest BCUT2D eigenvalue weighted by molar-refractivity contribution is 5.60. The Morgan fingerprint density at radius 3 is 2.75 bits per heavy atom. The molecule has 0 amide bonds. The molecule has 0 bridgehead atoms. The summed E-state index contributed by atoms with van der Waals surface area (Å²) in [6, 6.07) is 14.4. The van der Waals surface area contributed by atoms with E-state index in [-0.39, 0.29) is 18.5 Å². The van der Waals surface area contributed by atoms with Crippen molar-refractivity contribution in [2.45, 2.75) is 12.6 Å². The summed E-state index contributed by atoms with van der Waals surface area (Å²) >= 11 is 0. The Hall–Kier alpha value is -2.07. The van der Waals surface area contributed by atoms with Crippen molar-refractivity contribution >= 4 is 5.69 Å². The van der Waals surface area contributed by atoms with Gasteiger partial charge in [0.2, 0.25) is 0 Å². The van der Waals surface area contributed by atoms with Crippen LogP contribution in [0.1, 0.15) is 5.56 Å². The lowest BCUT2D eigenvalue weighted by molar-refractivity contribution is 0.112. The molecule has 0 spiro atoms.